The van der Waals surface area contributed by atoms with Crippen molar-refractivity contribution in [1.82, 2.24) is 20.0 Å². The summed E-state index contributed by atoms with van der Waals surface area (Å²) in [5, 5.41) is 10.2. The number of carbonyl (C=O) groups excluding carboxylic acids is 1. The first-order chi connectivity index (χ1) is 12.5. The maximum absolute atomic E-state index is 12.9. The van der Waals surface area contributed by atoms with E-state index >= 15 is 0 Å². The molecule has 0 spiro atoms. The van der Waals surface area contributed by atoms with Crippen LogP contribution in [0.25, 0.3) is 10.8 Å². The number of nitrogens with zero attached hydrogens (tertiary/aromatic N) is 4. The molecule has 3 heterocycles. The van der Waals surface area contributed by atoms with Gasteiger partial charge in [-0.3, -0.25) is 9.69 Å². The smallest absolute Gasteiger partial charge is 0.257 e. The van der Waals surface area contributed by atoms with Crippen LogP contribution < -0.4 is 0 Å². The highest BCUT2D eigenvalue weighted by atomic mass is 32.1. The second kappa shape index (κ2) is 8.77. The molecule has 142 valence electrons. The Hall–Kier alpha value is -1.73. The topological polar surface area (TPSA) is 62.5 Å². The van der Waals surface area contributed by atoms with Gasteiger partial charge in [-0.1, -0.05) is 26.8 Å². The van der Waals surface area contributed by atoms with E-state index in [4.69, 9.17) is 4.42 Å². The van der Waals surface area contributed by atoms with E-state index < -0.39 is 0 Å². The first-order valence-corrected chi connectivity index (χ1v) is 10.3. The molecule has 0 aliphatic carbocycles. The zero-order valence-electron chi connectivity index (χ0n) is 15.9. The van der Waals surface area contributed by atoms with Gasteiger partial charge >= 0.3 is 0 Å². The summed E-state index contributed by atoms with van der Waals surface area (Å²) in [6.45, 7) is 10.2. The fraction of sp³-hybridized carbons (Fsp3) is 0.632. The molecule has 0 bridgehead atoms. The van der Waals surface area contributed by atoms with Crippen LogP contribution in [0.5, 0.6) is 0 Å². The number of amides is 1. The number of rotatable bonds is 7. The van der Waals surface area contributed by atoms with Crippen LogP contribution in [0.15, 0.2) is 21.9 Å². The zero-order valence-corrected chi connectivity index (χ0v) is 16.7. The van der Waals surface area contributed by atoms with Crippen LogP contribution >= 0.6 is 11.3 Å². The van der Waals surface area contributed by atoms with Crippen LogP contribution in [0, 0.1) is 11.8 Å². The Bertz CT molecular complexity index is 690. The molecule has 1 fully saturated rings. The van der Waals surface area contributed by atoms with E-state index in [9.17, 15) is 4.79 Å². The van der Waals surface area contributed by atoms with Crippen molar-refractivity contribution >= 4 is 17.2 Å². The Morgan fingerprint density at radius 2 is 2.12 bits per heavy atom. The van der Waals surface area contributed by atoms with Gasteiger partial charge in [0.05, 0.1) is 18.0 Å². The van der Waals surface area contributed by atoms with Crippen LogP contribution in [-0.2, 0) is 11.3 Å². The van der Waals surface area contributed by atoms with Crippen molar-refractivity contribution in [2.45, 2.75) is 40.2 Å². The lowest BCUT2D eigenvalue weighted by molar-refractivity contribution is -0.134. The van der Waals surface area contributed by atoms with Crippen molar-refractivity contribution in [3.8, 4) is 10.8 Å². The Balaban J connectivity index is 1.62. The average molecular weight is 377 g/mol. The minimum Gasteiger partial charge on any atom is -0.418 e. The molecular weight excluding hydrogens is 348 g/mol. The summed E-state index contributed by atoms with van der Waals surface area (Å²) in [5.41, 5.74) is 0. The number of hydrogen-bond acceptors (Lipinski definition) is 6. The van der Waals surface area contributed by atoms with Gasteiger partial charge in [0.15, 0.2) is 0 Å². The third kappa shape index (κ3) is 4.92. The van der Waals surface area contributed by atoms with E-state index in [1.165, 1.54) is 6.42 Å². The van der Waals surface area contributed by atoms with Crippen LogP contribution in [0.2, 0.25) is 0 Å². The van der Waals surface area contributed by atoms with E-state index in [1.807, 2.05) is 22.4 Å². The molecular formula is C19H28N4O2S. The monoisotopic (exact) mass is 376 g/mol. The largest absolute Gasteiger partial charge is 0.418 e. The summed E-state index contributed by atoms with van der Waals surface area (Å²) in [6.07, 6.45) is 2.15. The number of carbonyl (C=O) groups is 1. The fourth-order valence-electron chi connectivity index (χ4n) is 3.75. The lowest BCUT2D eigenvalue weighted by Crippen LogP contribution is -2.45. The van der Waals surface area contributed by atoms with Gasteiger partial charge in [-0.25, -0.2) is 0 Å². The molecule has 7 heteroatoms. The van der Waals surface area contributed by atoms with Gasteiger partial charge in [0.1, 0.15) is 0 Å². The van der Waals surface area contributed by atoms with Crippen molar-refractivity contribution in [2.24, 2.45) is 11.8 Å². The SMILES string of the molecule is CCCN(Cc1nnc(-c2cccs2)o1)C(=O)CN1CC(C)CC(C)C1. The molecule has 1 saturated heterocycles. The molecule has 0 saturated carbocycles. The molecule has 26 heavy (non-hydrogen) atoms. The molecule has 1 aliphatic heterocycles. The van der Waals surface area contributed by atoms with E-state index in [-0.39, 0.29) is 5.91 Å². The molecule has 2 unspecified atom stereocenters. The Kier molecular flexibility index (Phi) is 6.43. The third-order valence-corrected chi connectivity index (χ3v) is 5.53. The average Bonchev–Trinajstić information content (AvgIpc) is 3.24. The minimum absolute atomic E-state index is 0.143. The van der Waals surface area contributed by atoms with Gasteiger partial charge in [-0.2, -0.15) is 0 Å². The standard InChI is InChI=1S/C19H28N4O2S/c1-4-7-23(18(24)13-22-10-14(2)9-15(3)11-22)12-17-20-21-19(25-17)16-6-5-8-26-16/h5-6,8,14-15H,4,7,9-13H2,1-3H3. The molecule has 0 N–H and O–H groups in total. The summed E-state index contributed by atoms with van der Waals surface area (Å²) < 4.78 is 5.76. The van der Waals surface area contributed by atoms with Crippen LogP contribution in [0.3, 0.4) is 0 Å². The van der Waals surface area contributed by atoms with Crippen molar-refractivity contribution in [3.63, 3.8) is 0 Å². The Morgan fingerprint density at radius 1 is 1.35 bits per heavy atom. The number of aromatic nitrogens is 2. The molecule has 3 rings (SSSR count). The summed E-state index contributed by atoms with van der Waals surface area (Å²) in [5.74, 6) is 2.46. The van der Waals surface area contributed by atoms with Gasteiger partial charge in [-0.15, -0.1) is 21.5 Å². The highest BCUT2D eigenvalue weighted by Gasteiger charge is 2.25. The summed E-state index contributed by atoms with van der Waals surface area (Å²) >= 11 is 1.56. The molecule has 1 aliphatic rings. The van der Waals surface area contributed by atoms with Crippen molar-refractivity contribution in [2.75, 3.05) is 26.2 Å². The van der Waals surface area contributed by atoms with Gasteiger partial charge in [0.2, 0.25) is 11.8 Å². The lowest BCUT2D eigenvalue weighted by Gasteiger charge is -2.35. The van der Waals surface area contributed by atoms with Crippen LogP contribution in [0.1, 0.15) is 39.5 Å². The van der Waals surface area contributed by atoms with Crippen molar-refractivity contribution < 1.29 is 9.21 Å². The number of likely N-dealkylation sites (tertiary alicyclic amines) is 1. The van der Waals surface area contributed by atoms with E-state index in [0.717, 1.165) is 24.4 Å². The second-order valence-corrected chi connectivity index (χ2v) is 8.38. The highest BCUT2D eigenvalue weighted by Crippen LogP contribution is 2.24. The molecule has 6 nitrogen and oxygen atoms in total. The minimum atomic E-state index is 0.143. The van der Waals surface area contributed by atoms with E-state index in [2.05, 4.69) is 35.9 Å². The fourth-order valence-corrected chi connectivity index (χ4v) is 4.40. The number of thiophene rings is 1. The Labute approximate surface area is 159 Å². The first-order valence-electron chi connectivity index (χ1n) is 9.41. The van der Waals surface area contributed by atoms with Gasteiger partial charge < -0.3 is 9.32 Å². The highest BCUT2D eigenvalue weighted by molar-refractivity contribution is 7.13. The maximum Gasteiger partial charge on any atom is 0.257 e. The van der Waals surface area contributed by atoms with Crippen LogP contribution in [0.4, 0.5) is 0 Å². The normalized spacial score (nSPS) is 21.0. The van der Waals surface area contributed by atoms with E-state index in [1.54, 1.807) is 11.3 Å². The summed E-state index contributed by atoms with van der Waals surface area (Å²) in [6, 6.07) is 3.91. The van der Waals surface area contributed by atoms with E-state index in [0.29, 0.717) is 43.3 Å². The molecule has 2 aromatic rings. The lowest BCUT2D eigenvalue weighted by atomic mass is 9.92. The van der Waals surface area contributed by atoms with Gasteiger partial charge in [0.25, 0.3) is 5.89 Å². The Morgan fingerprint density at radius 3 is 2.77 bits per heavy atom. The second-order valence-electron chi connectivity index (χ2n) is 7.43. The molecule has 2 aromatic heterocycles. The molecule has 2 atom stereocenters. The zero-order chi connectivity index (χ0) is 18.5. The number of piperidine rings is 1. The van der Waals surface area contributed by atoms with Gasteiger partial charge in [0, 0.05) is 19.6 Å². The maximum atomic E-state index is 12.9. The summed E-state index contributed by atoms with van der Waals surface area (Å²) in [4.78, 5) is 17.9. The molecule has 1 amide bonds. The predicted molar refractivity (Wildman–Crippen MR) is 103 cm³/mol. The summed E-state index contributed by atoms with van der Waals surface area (Å²) in [7, 11) is 0. The third-order valence-electron chi connectivity index (χ3n) is 4.67. The van der Waals surface area contributed by atoms with Crippen molar-refractivity contribution in [1.29, 1.82) is 0 Å². The first kappa shape index (κ1) is 19.0. The van der Waals surface area contributed by atoms with Gasteiger partial charge in [-0.05, 0) is 36.1 Å². The molecule has 0 radical (unpaired) electrons. The van der Waals surface area contributed by atoms with Crippen molar-refractivity contribution in [3.05, 3.63) is 23.4 Å². The number of hydrogen-bond donors (Lipinski definition) is 0. The predicted octanol–water partition coefficient (Wildman–Crippen LogP) is 3.51. The molecule has 0 aromatic carbocycles. The van der Waals surface area contributed by atoms with Crippen LogP contribution in [-0.4, -0.2) is 52.1 Å². The quantitative estimate of drug-likeness (QED) is 0.740.